The number of amides is 1. The Kier molecular flexibility index (Phi) is 4.99. The molecule has 1 amide bonds. The highest BCUT2D eigenvalue weighted by molar-refractivity contribution is 6.33. The molecule has 0 aliphatic carbocycles. The van der Waals surface area contributed by atoms with Crippen molar-refractivity contribution in [2.75, 3.05) is 23.3 Å². The van der Waals surface area contributed by atoms with Gasteiger partial charge in [-0.15, -0.1) is 0 Å². The van der Waals surface area contributed by atoms with Crippen molar-refractivity contribution < 1.29 is 14.5 Å². The van der Waals surface area contributed by atoms with Crippen molar-refractivity contribution in [2.24, 2.45) is 0 Å². The molecule has 0 atom stereocenters. The fourth-order valence-electron chi connectivity index (χ4n) is 2.42. The molecule has 0 radical (unpaired) electrons. The van der Waals surface area contributed by atoms with Crippen LogP contribution in [0, 0.1) is 10.1 Å². The van der Waals surface area contributed by atoms with Crippen LogP contribution in [0.5, 0.6) is 0 Å². The number of carbonyl (C=O) groups is 1. The Hall–Kier alpha value is -2.02. The summed E-state index contributed by atoms with van der Waals surface area (Å²) in [5.41, 5.74) is -0.191. The number of nitrogens with zero attached hydrogens (tertiary/aromatic N) is 2. The first-order valence-corrected chi connectivity index (χ1v) is 7.78. The van der Waals surface area contributed by atoms with Gasteiger partial charge in [-0.25, -0.2) is 4.79 Å². The largest absolute Gasteiger partial charge is 0.444 e. The van der Waals surface area contributed by atoms with E-state index in [0.29, 0.717) is 10.7 Å². The van der Waals surface area contributed by atoms with Gasteiger partial charge in [0, 0.05) is 19.2 Å². The van der Waals surface area contributed by atoms with Crippen LogP contribution in [-0.2, 0) is 4.74 Å². The lowest BCUT2D eigenvalue weighted by molar-refractivity contribution is -0.383. The van der Waals surface area contributed by atoms with E-state index in [-0.39, 0.29) is 11.4 Å². The van der Waals surface area contributed by atoms with Crippen LogP contribution in [-0.4, -0.2) is 29.7 Å². The Morgan fingerprint density at radius 3 is 2.48 bits per heavy atom. The number of nitro benzene ring substituents is 1. The van der Waals surface area contributed by atoms with Gasteiger partial charge in [-0.2, -0.15) is 0 Å². The molecule has 0 unspecified atom stereocenters. The monoisotopic (exact) mass is 341 g/mol. The standard InChI is InChI=1S/C15H20ClN3O4/c1-15(2,3)23-14(20)17-11-9-12(18-6-4-5-7-18)10(16)8-13(11)19(21)22/h8-9H,4-7H2,1-3H3,(H,17,20). The number of nitro groups is 1. The molecule has 0 spiro atoms. The van der Waals surface area contributed by atoms with Gasteiger partial charge < -0.3 is 9.64 Å². The molecule has 23 heavy (non-hydrogen) atoms. The normalized spacial score (nSPS) is 14.7. The number of ether oxygens (including phenoxy) is 1. The molecular formula is C15H20ClN3O4. The predicted octanol–water partition coefficient (Wildman–Crippen LogP) is 4.20. The first-order valence-electron chi connectivity index (χ1n) is 7.40. The minimum atomic E-state index is -0.740. The lowest BCUT2D eigenvalue weighted by Gasteiger charge is -2.22. The highest BCUT2D eigenvalue weighted by atomic mass is 35.5. The van der Waals surface area contributed by atoms with Gasteiger partial charge in [-0.1, -0.05) is 11.6 Å². The van der Waals surface area contributed by atoms with E-state index in [0.717, 1.165) is 25.9 Å². The first-order chi connectivity index (χ1) is 10.7. The van der Waals surface area contributed by atoms with Gasteiger partial charge in [0.25, 0.3) is 5.69 Å². The minimum absolute atomic E-state index is 0.0792. The molecule has 1 N–H and O–H groups in total. The molecule has 1 fully saturated rings. The summed E-state index contributed by atoms with van der Waals surface area (Å²) in [6.07, 6.45) is 1.35. The summed E-state index contributed by atoms with van der Waals surface area (Å²) in [6, 6.07) is 2.80. The maximum Gasteiger partial charge on any atom is 0.412 e. The number of anilines is 2. The maximum atomic E-state index is 11.9. The zero-order chi connectivity index (χ0) is 17.2. The molecule has 8 heteroatoms. The average Bonchev–Trinajstić information content (AvgIpc) is 2.91. The summed E-state index contributed by atoms with van der Waals surface area (Å²) < 4.78 is 5.15. The number of carbonyl (C=O) groups excluding carboxylic acids is 1. The van der Waals surface area contributed by atoms with Crippen LogP contribution < -0.4 is 10.2 Å². The Labute approximate surface area is 139 Å². The number of hydrogen-bond donors (Lipinski definition) is 1. The zero-order valence-electron chi connectivity index (χ0n) is 13.4. The van der Waals surface area contributed by atoms with E-state index in [2.05, 4.69) is 5.32 Å². The van der Waals surface area contributed by atoms with E-state index in [4.69, 9.17) is 16.3 Å². The molecule has 1 heterocycles. The smallest absolute Gasteiger partial charge is 0.412 e. The Bertz CT molecular complexity index is 622. The molecule has 0 saturated carbocycles. The summed E-state index contributed by atoms with van der Waals surface area (Å²) in [7, 11) is 0. The van der Waals surface area contributed by atoms with E-state index >= 15 is 0 Å². The molecule has 1 saturated heterocycles. The predicted molar refractivity (Wildman–Crippen MR) is 89.4 cm³/mol. The third kappa shape index (κ3) is 4.48. The van der Waals surface area contributed by atoms with Gasteiger partial charge in [-0.3, -0.25) is 15.4 Å². The van der Waals surface area contributed by atoms with E-state index < -0.39 is 16.6 Å². The summed E-state index contributed by atoms with van der Waals surface area (Å²) in [4.78, 5) is 24.6. The van der Waals surface area contributed by atoms with Gasteiger partial charge >= 0.3 is 6.09 Å². The van der Waals surface area contributed by atoms with Crippen LogP contribution in [0.2, 0.25) is 5.02 Å². The number of benzene rings is 1. The summed E-state index contributed by atoms with van der Waals surface area (Å²) in [5, 5.41) is 14.0. The first kappa shape index (κ1) is 17.3. The van der Waals surface area contributed by atoms with Crippen molar-refractivity contribution in [1.82, 2.24) is 0 Å². The van der Waals surface area contributed by atoms with Crippen LogP contribution in [0.4, 0.5) is 21.9 Å². The van der Waals surface area contributed by atoms with Crippen molar-refractivity contribution in [3.8, 4) is 0 Å². The lowest BCUT2D eigenvalue weighted by atomic mass is 10.2. The number of hydrogen-bond acceptors (Lipinski definition) is 5. The minimum Gasteiger partial charge on any atom is -0.444 e. The fourth-order valence-corrected chi connectivity index (χ4v) is 2.69. The number of nitrogens with one attached hydrogen (secondary N) is 1. The molecule has 7 nitrogen and oxygen atoms in total. The van der Waals surface area contributed by atoms with E-state index in [1.807, 2.05) is 4.90 Å². The Morgan fingerprint density at radius 2 is 1.96 bits per heavy atom. The Morgan fingerprint density at radius 1 is 1.35 bits per heavy atom. The second kappa shape index (κ2) is 6.62. The van der Waals surface area contributed by atoms with Gasteiger partial charge in [-0.05, 0) is 39.7 Å². The van der Waals surface area contributed by atoms with Crippen molar-refractivity contribution in [3.05, 3.63) is 27.3 Å². The molecule has 2 rings (SSSR count). The van der Waals surface area contributed by atoms with Gasteiger partial charge in [0.15, 0.2) is 0 Å². The third-order valence-electron chi connectivity index (χ3n) is 3.34. The van der Waals surface area contributed by atoms with Gasteiger partial charge in [0.2, 0.25) is 0 Å². The van der Waals surface area contributed by atoms with Crippen molar-refractivity contribution in [2.45, 2.75) is 39.2 Å². The lowest BCUT2D eigenvalue weighted by Crippen LogP contribution is -2.27. The highest BCUT2D eigenvalue weighted by Crippen LogP contribution is 2.37. The van der Waals surface area contributed by atoms with Crippen LogP contribution in [0.25, 0.3) is 0 Å². The van der Waals surface area contributed by atoms with Crippen LogP contribution in [0.3, 0.4) is 0 Å². The number of halogens is 1. The second-order valence-electron chi connectivity index (χ2n) is 6.40. The molecule has 1 aromatic rings. The summed E-state index contributed by atoms with van der Waals surface area (Å²) >= 11 is 6.18. The van der Waals surface area contributed by atoms with E-state index in [1.54, 1.807) is 20.8 Å². The SMILES string of the molecule is CC(C)(C)OC(=O)Nc1cc(N2CCCC2)c(Cl)cc1[N+](=O)[O-]. The average molecular weight is 342 g/mol. The second-order valence-corrected chi connectivity index (χ2v) is 6.81. The van der Waals surface area contributed by atoms with Crippen LogP contribution in [0.1, 0.15) is 33.6 Å². The maximum absolute atomic E-state index is 11.9. The molecule has 126 valence electrons. The molecule has 1 aliphatic heterocycles. The molecule has 1 aliphatic rings. The molecule has 1 aromatic carbocycles. The van der Waals surface area contributed by atoms with Crippen molar-refractivity contribution in [3.63, 3.8) is 0 Å². The van der Waals surface area contributed by atoms with Crippen molar-refractivity contribution in [1.29, 1.82) is 0 Å². The molecular weight excluding hydrogens is 322 g/mol. The third-order valence-corrected chi connectivity index (χ3v) is 3.65. The highest BCUT2D eigenvalue weighted by Gasteiger charge is 2.25. The van der Waals surface area contributed by atoms with Crippen molar-refractivity contribution >= 4 is 34.8 Å². The molecule has 0 aromatic heterocycles. The number of rotatable bonds is 3. The van der Waals surface area contributed by atoms with Crippen LogP contribution >= 0.6 is 11.6 Å². The Balaban J connectivity index is 2.33. The summed E-state index contributed by atoms with van der Waals surface area (Å²) in [6.45, 7) is 6.84. The zero-order valence-corrected chi connectivity index (χ0v) is 14.1. The van der Waals surface area contributed by atoms with Gasteiger partial charge in [0.1, 0.15) is 11.3 Å². The fraction of sp³-hybridized carbons (Fsp3) is 0.533. The van der Waals surface area contributed by atoms with E-state index in [1.165, 1.54) is 12.1 Å². The topological polar surface area (TPSA) is 84.7 Å². The van der Waals surface area contributed by atoms with Gasteiger partial charge in [0.05, 0.1) is 15.6 Å². The summed E-state index contributed by atoms with van der Waals surface area (Å²) in [5.74, 6) is 0. The van der Waals surface area contributed by atoms with E-state index in [9.17, 15) is 14.9 Å². The molecule has 0 bridgehead atoms. The quantitative estimate of drug-likeness (QED) is 0.658. The van der Waals surface area contributed by atoms with Crippen LogP contribution in [0.15, 0.2) is 12.1 Å².